The Morgan fingerprint density at radius 1 is 1.13 bits per heavy atom. The van der Waals surface area contributed by atoms with E-state index in [9.17, 15) is 0 Å². The van der Waals surface area contributed by atoms with E-state index in [1.54, 1.807) is 0 Å². The highest BCUT2D eigenvalue weighted by Gasteiger charge is 2.00. The summed E-state index contributed by atoms with van der Waals surface area (Å²) in [7, 11) is 0. The van der Waals surface area contributed by atoms with Gasteiger partial charge in [-0.15, -0.1) is 0 Å². The van der Waals surface area contributed by atoms with Crippen LogP contribution in [-0.4, -0.2) is 24.8 Å². The van der Waals surface area contributed by atoms with Gasteiger partial charge in [-0.1, -0.05) is 32.2 Å². The Morgan fingerprint density at radius 3 is 2.20 bits per heavy atom. The first kappa shape index (κ1) is 14.1. The lowest BCUT2D eigenvalue weighted by Crippen LogP contribution is -2.16. The van der Waals surface area contributed by atoms with Crippen molar-refractivity contribution in [2.75, 3.05) is 19.7 Å². The van der Waals surface area contributed by atoms with Gasteiger partial charge in [-0.3, -0.25) is 0 Å². The van der Waals surface area contributed by atoms with Gasteiger partial charge >= 0.3 is 0 Å². The SMILES string of the molecule is C=C/C(CCO)=C(\C=C)CCNCCC. The number of rotatable bonds is 9. The summed E-state index contributed by atoms with van der Waals surface area (Å²) >= 11 is 0. The Kier molecular flexibility index (Phi) is 9.13. The fraction of sp³-hybridized carbons (Fsp3) is 0.538. The molecule has 0 aliphatic heterocycles. The van der Waals surface area contributed by atoms with Gasteiger partial charge in [0.1, 0.15) is 0 Å². The van der Waals surface area contributed by atoms with E-state index >= 15 is 0 Å². The molecule has 0 aromatic heterocycles. The molecule has 15 heavy (non-hydrogen) atoms. The van der Waals surface area contributed by atoms with Gasteiger partial charge in [0.2, 0.25) is 0 Å². The topological polar surface area (TPSA) is 32.3 Å². The van der Waals surface area contributed by atoms with Crippen molar-refractivity contribution in [3.05, 3.63) is 36.5 Å². The lowest BCUT2D eigenvalue weighted by Gasteiger charge is -2.08. The second-order valence-electron chi connectivity index (χ2n) is 3.43. The molecule has 0 unspecified atom stereocenters. The molecule has 0 aliphatic carbocycles. The van der Waals surface area contributed by atoms with Crippen LogP contribution in [0.15, 0.2) is 36.5 Å². The van der Waals surface area contributed by atoms with Crippen molar-refractivity contribution in [3.63, 3.8) is 0 Å². The minimum Gasteiger partial charge on any atom is -0.396 e. The zero-order valence-electron chi connectivity index (χ0n) is 9.76. The maximum Gasteiger partial charge on any atom is 0.0471 e. The number of hydrogen-bond donors (Lipinski definition) is 2. The minimum absolute atomic E-state index is 0.168. The first-order valence-corrected chi connectivity index (χ1v) is 5.58. The van der Waals surface area contributed by atoms with Gasteiger partial charge in [-0.2, -0.15) is 0 Å². The predicted octanol–water partition coefficient (Wildman–Crippen LogP) is 2.43. The summed E-state index contributed by atoms with van der Waals surface area (Å²) in [4.78, 5) is 0. The summed E-state index contributed by atoms with van der Waals surface area (Å²) in [6.07, 6.45) is 6.44. The summed E-state index contributed by atoms with van der Waals surface area (Å²) in [5.41, 5.74) is 2.29. The van der Waals surface area contributed by atoms with E-state index in [0.717, 1.165) is 31.5 Å². The Labute approximate surface area is 93.4 Å². The maximum absolute atomic E-state index is 8.89. The summed E-state index contributed by atoms with van der Waals surface area (Å²) in [5.74, 6) is 0. The van der Waals surface area contributed by atoms with Gasteiger partial charge in [-0.25, -0.2) is 0 Å². The Hall–Kier alpha value is -0.860. The molecule has 0 aromatic rings. The molecule has 0 atom stereocenters. The van der Waals surface area contributed by atoms with E-state index in [4.69, 9.17) is 5.11 Å². The average molecular weight is 209 g/mol. The van der Waals surface area contributed by atoms with Crippen molar-refractivity contribution in [3.8, 4) is 0 Å². The molecule has 0 saturated carbocycles. The molecule has 2 heteroatoms. The lowest BCUT2D eigenvalue weighted by atomic mass is 10.0. The van der Waals surface area contributed by atoms with Crippen LogP contribution >= 0.6 is 0 Å². The zero-order valence-corrected chi connectivity index (χ0v) is 9.76. The van der Waals surface area contributed by atoms with Crippen LogP contribution in [0.25, 0.3) is 0 Å². The molecule has 0 amide bonds. The third kappa shape index (κ3) is 6.26. The molecule has 0 rings (SSSR count). The van der Waals surface area contributed by atoms with Crippen LogP contribution in [0.2, 0.25) is 0 Å². The van der Waals surface area contributed by atoms with Gasteiger partial charge < -0.3 is 10.4 Å². The van der Waals surface area contributed by atoms with Gasteiger partial charge in [0.25, 0.3) is 0 Å². The highest BCUT2D eigenvalue weighted by molar-refractivity contribution is 5.31. The van der Waals surface area contributed by atoms with Gasteiger partial charge in [-0.05, 0) is 43.5 Å². The Morgan fingerprint density at radius 2 is 1.73 bits per heavy atom. The molecule has 0 bridgehead atoms. The number of aliphatic hydroxyl groups excluding tert-OH is 1. The summed E-state index contributed by atoms with van der Waals surface area (Å²) in [6.45, 7) is 11.9. The normalized spacial score (nSPS) is 12.1. The summed E-state index contributed by atoms with van der Waals surface area (Å²) in [5, 5.41) is 12.2. The monoisotopic (exact) mass is 209 g/mol. The molecule has 2 N–H and O–H groups in total. The number of hydrogen-bond acceptors (Lipinski definition) is 2. The van der Waals surface area contributed by atoms with E-state index in [2.05, 4.69) is 25.4 Å². The quantitative estimate of drug-likeness (QED) is 0.451. The van der Waals surface area contributed by atoms with Crippen molar-refractivity contribution >= 4 is 0 Å². The highest BCUT2D eigenvalue weighted by Crippen LogP contribution is 2.14. The first-order chi connectivity index (χ1) is 7.29. The molecular weight excluding hydrogens is 186 g/mol. The molecule has 0 spiro atoms. The third-order valence-electron chi connectivity index (χ3n) is 2.28. The second kappa shape index (κ2) is 9.69. The molecule has 0 fully saturated rings. The number of nitrogens with one attached hydrogen (secondary N) is 1. The van der Waals surface area contributed by atoms with Crippen LogP contribution in [0.1, 0.15) is 26.2 Å². The number of allylic oxidation sites excluding steroid dienone is 2. The molecule has 2 nitrogen and oxygen atoms in total. The fourth-order valence-electron chi connectivity index (χ4n) is 1.43. The lowest BCUT2D eigenvalue weighted by molar-refractivity contribution is 0.300. The van der Waals surface area contributed by atoms with Crippen molar-refractivity contribution < 1.29 is 5.11 Å². The third-order valence-corrected chi connectivity index (χ3v) is 2.28. The van der Waals surface area contributed by atoms with Crippen LogP contribution in [0.5, 0.6) is 0 Å². The van der Waals surface area contributed by atoms with Crippen molar-refractivity contribution in [1.82, 2.24) is 5.32 Å². The molecule has 86 valence electrons. The van der Waals surface area contributed by atoms with Crippen molar-refractivity contribution in [1.29, 1.82) is 0 Å². The van der Waals surface area contributed by atoms with E-state index < -0.39 is 0 Å². The van der Waals surface area contributed by atoms with Gasteiger partial charge in [0.15, 0.2) is 0 Å². The van der Waals surface area contributed by atoms with E-state index in [1.165, 1.54) is 5.57 Å². The summed E-state index contributed by atoms with van der Waals surface area (Å²) < 4.78 is 0. The smallest absolute Gasteiger partial charge is 0.0471 e. The first-order valence-electron chi connectivity index (χ1n) is 5.58. The Bertz CT molecular complexity index is 219. The standard InChI is InChI=1S/C13H23NO/c1-4-9-14-10-7-12(5-2)13(6-3)8-11-15/h5-6,14-15H,2-4,7-11H2,1H3/b13-12-. The molecular formula is C13H23NO. The average Bonchev–Trinajstić information content (AvgIpc) is 2.27. The van der Waals surface area contributed by atoms with Crippen LogP contribution in [0.4, 0.5) is 0 Å². The molecule has 0 saturated heterocycles. The van der Waals surface area contributed by atoms with Gasteiger partial charge in [0, 0.05) is 6.61 Å². The summed E-state index contributed by atoms with van der Waals surface area (Å²) in [6, 6.07) is 0. The molecule has 0 radical (unpaired) electrons. The molecule has 0 heterocycles. The molecule has 0 aliphatic rings. The van der Waals surface area contributed by atoms with E-state index in [1.807, 2.05) is 12.2 Å². The van der Waals surface area contributed by atoms with Crippen molar-refractivity contribution in [2.45, 2.75) is 26.2 Å². The van der Waals surface area contributed by atoms with Crippen LogP contribution in [0, 0.1) is 0 Å². The largest absolute Gasteiger partial charge is 0.396 e. The fourth-order valence-corrected chi connectivity index (χ4v) is 1.43. The zero-order chi connectivity index (χ0) is 11.5. The van der Waals surface area contributed by atoms with Crippen molar-refractivity contribution in [2.24, 2.45) is 0 Å². The minimum atomic E-state index is 0.168. The van der Waals surface area contributed by atoms with Crippen LogP contribution < -0.4 is 5.32 Å². The van der Waals surface area contributed by atoms with Crippen LogP contribution in [-0.2, 0) is 0 Å². The predicted molar refractivity (Wildman–Crippen MR) is 66.9 cm³/mol. The van der Waals surface area contributed by atoms with Gasteiger partial charge in [0.05, 0.1) is 0 Å². The highest BCUT2D eigenvalue weighted by atomic mass is 16.2. The number of aliphatic hydroxyl groups is 1. The maximum atomic E-state index is 8.89. The molecule has 0 aromatic carbocycles. The Balaban J connectivity index is 4.17. The van der Waals surface area contributed by atoms with E-state index in [-0.39, 0.29) is 6.61 Å². The van der Waals surface area contributed by atoms with Crippen LogP contribution in [0.3, 0.4) is 0 Å². The van der Waals surface area contributed by atoms with E-state index in [0.29, 0.717) is 6.42 Å². The second-order valence-corrected chi connectivity index (χ2v) is 3.43.